The Labute approximate surface area is 171 Å². The summed E-state index contributed by atoms with van der Waals surface area (Å²) in [4.78, 5) is 57.9. The normalized spacial score (nSPS) is 13.5. The van der Waals surface area contributed by atoms with Crippen LogP contribution in [0.5, 0.6) is 5.75 Å². The summed E-state index contributed by atoms with van der Waals surface area (Å²) in [5.41, 5.74) is 11.2. The second-order valence-electron chi connectivity index (χ2n) is 6.54. The van der Waals surface area contributed by atoms with Crippen LogP contribution in [0, 0.1) is 0 Å². The molecule has 0 fully saturated rings. The number of nitrogens with one attached hydrogen (secondary N) is 2. The van der Waals surface area contributed by atoms with E-state index in [0.29, 0.717) is 5.56 Å². The van der Waals surface area contributed by atoms with Crippen LogP contribution in [0.3, 0.4) is 0 Å². The Morgan fingerprint density at radius 1 is 0.933 bits per heavy atom. The van der Waals surface area contributed by atoms with Gasteiger partial charge in [0.25, 0.3) is 0 Å². The van der Waals surface area contributed by atoms with Gasteiger partial charge in [-0.15, -0.1) is 0 Å². The molecule has 3 atom stereocenters. The highest BCUT2D eigenvalue weighted by Crippen LogP contribution is 2.11. The van der Waals surface area contributed by atoms with Crippen molar-refractivity contribution >= 4 is 29.7 Å². The van der Waals surface area contributed by atoms with E-state index in [-0.39, 0.29) is 25.0 Å². The molecule has 1 aromatic rings. The van der Waals surface area contributed by atoms with Gasteiger partial charge in [-0.2, -0.15) is 0 Å². The number of nitrogens with two attached hydrogens (primary N) is 2. The molecule has 1 aromatic carbocycles. The fraction of sp³-hybridized carbons (Fsp3) is 0.389. The van der Waals surface area contributed by atoms with Gasteiger partial charge in [0.1, 0.15) is 17.8 Å². The number of aromatic hydroxyl groups is 1. The van der Waals surface area contributed by atoms with E-state index in [9.17, 15) is 34.2 Å². The smallest absolute Gasteiger partial charge is 0.326 e. The van der Waals surface area contributed by atoms with Gasteiger partial charge in [0.15, 0.2) is 0 Å². The highest BCUT2D eigenvalue weighted by molar-refractivity contribution is 5.94. The van der Waals surface area contributed by atoms with Gasteiger partial charge >= 0.3 is 11.9 Å². The van der Waals surface area contributed by atoms with Crippen LogP contribution < -0.4 is 22.1 Å². The van der Waals surface area contributed by atoms with Crippen molar-refractivity contribution < 1.29 is 39.3 Å². The highest BCUT2D eigenvalue weighted by Gasteiger charge is 2.29. The zero-order valence-corrected chi connectivity index (χ0v) is 15.9. The van der Waals surface area contributed by atoms with Crippen LogP contribution in [-0.2, 0) is 30.4 Å². The summed E-state index contributed by atoms with van der Waals surface area (Å²) in [5.74, 6) is -5.33. The minimum Gasteiger partial charge on any atom is -0.508 e. The Balaban J connectivity index is 2.85. The third-order valence-electron chi connectivity index (χ3n) is 4.04. The molecule has 9 N–H and O–H groups in total. The standard InChI is InChI=1S/C18H24N4O8/c19-11(5-6-15(25)26)16(27)21-12(8-14(20)24)17(28)22-13(18(29)30)7-9-1-3-10(23)4-2-9/h1-4,11-13,23H,5-8,19H2,(H2,20,24)(H,21,27)(H,22,28)(H,25,26)(H,29,30). The lowest BCUT2D eigenvalue weighted by molar-refractivity contribution is -0.142. The highest BCUT2D eigenvalue weighted by atomic mass is 16.4. The predicted octanol–water partition coefficient (Wildman–Crippen LogP) is -1.94. The number of hydrogen-bond donors (Lipinski definition) is 7. The van der Waals surface area contributed by atoms with Gasteiger partial charge in [-0.25, -0.2) is 4.79 Å². The first-order valence-corrected chi connectivity index (χ1v) is 8.86. The van der Waals surface area contributed by atoms with Crippen LogP contribution in [0.1, 0.15) is 24.8 Å². The molecule has 0 saturated heterocycles. The molecular formula is C18H24N4O8. The van der Waals surface area contributed by atoms with Crippen molar-refractivity contribution in [2.24, 2.45) is 11.5 Å². The minimum atomic E-state index is -1.49. The molecule has 1 rings (SSSR count). The van der Waals surface area contributed by atoms with E-state index in [4.69, 9.17) is 16.6 Å². The first-order chi connectivity index (χ1) is 14.0. The monoisotopic (exact) mass is 424 g/mol. The van der Waals surface area contributed by atoms with Crippen LogP contribution in [0.15, 0.2) is 24.3 Å². The Bertz CT molecular complexity index is 796. The van der Waals surface area contributed by atoms with E-state index in [1.54, 1.807) is 0 Å². The number of primary amides is 1. The second-order valence-corrected chi connectivity index (χ2v) is 6.54. The van der Waals surface area contributed by atoms with Gasteiger partial charge in [-0.05, 0) is 24.1 Å². The van der Waals surface area contributed by atoms with E-state index >= 15 is 0 Å². The summed E-state index contributed by atoms with van der Waals surface area (Å²) in [6.45, 7) is 0. The number of carboxylic acid groups (broad SMARTS) is 2. The fourth-order valence-corrected chi connectivity index (χ4v) is 2.44. The molecule has 3 amide bonds. The third kappa shape index (κ3) is 8.56. The maximum Gasteiger partial charge on any atom is 0.326 e. The van der Waals surface area contributed by atoms with Gasteiger partial charge in [-0.1, -0.05) is 12.1 Å². The molecule has 0 aliphatic carbocycles. The fourth-order valence-electron chi connectivity index (χ4n) is 2.44. The Morgan fingerprint density at radius 2 is 1.50 bits per heavy atom. The Morgan fingerprint density at radius 3 is 2.00 bits per heavy atom. The Hall–Kier alpha value is -3.67. The molecule has 3 unspecified atom stereocenters. The molecule has 0 radical (unpaired) electrons. The number of aliphatic carboxylic acids is 2. The molecule has 164 valence electrons. The molecular weight excluding hydrogens is 400 g/mol. The number of carboxylic acids is 2. The predicted molar refractivity (Wildman–Crippen MR) is 102 cm³/mol. The second kappa shape index (κ2) is 11.4. The first-order valence-electron chi connectivity index (χ1n) is 8.86. The number of hydrogen-bond acceptors (Lipinski definition) is 7. The molecule has 0 aromatic heterocycles. The number of rotatable bonds is 12. The molecule has 0 heterocycles. The number of carbonyl (C=O) groups is 5. The minimum absolute atomic E-state index is 0.0156. The topological polar surface area (TPSA) is 222 Å². The molecule has 12 heteroatoms. The van der Waals surface area contributed by atoms with Gasteiger partial charge in [-0.3, -0.25) is 19.2 Å². The zero-order chi connectivity index (χ0) is 22.8. The van der Waals surface area contributed by atoms with Crippen LogP contribution in [0.4, 0.5) is 0 Å². The van der Waals surface area contributed by atoms with Crippen molar-refractivity contribution in [1.29, 1.82) is 0 Å². The lowest BCUT2D eigenvalue weighted by atomic mass is 10.0. The molecule has 0 saturated carbocycles. The van der Waals surface area contributed by atoms with Crippen LogP contribution in [0.25, 0.3) is 0 Å². The first kappa shape index (κ1) is 24.4. The van der Waals surface area contributed by atoms with Crippen molar-refractivity contribution in [3.63, 3.8) is 0 Å². The largest absolute Gasteiger partial charge is 0.508 e. The van der Waals surface area contributed by atoms with E-state index < -0.39 is 54.2 Å². The van der Waals surface area contributed by atoms with Crippen molar-refractivity contribution in [3.8, 4) is 5.75 Å². The van der Waals surface area contributed by atoms with Crippen LogP contribution in [0.2, 0.25) is 0 Å². The summed E-state index contributed by atoms with van der Waals surface area (Å²) < 4.78 is 0. The van der Waals surface area contributed by atoms with Crippen molar-refractivity contribution in [3.05, 3.63) is 29.8 Å². The van der Waals surface area contributed by atoms with Gasteiger partial charge in [0.2, 0.25) is 17.7 Å². The average Bonchev–Trinajstić information content (AvgIpc) is 2.65. The summed E-state index contributed by atoms with van der Waals surface area (Å²) >= 11 is 0. The Kier molecular flexibility index (Phi) is 9.23. The summed E-state index contributed by atoms with van der Waals surface area (Å²) in [6, 6.07) is 1.51. The van der Waals surface area contributed by atoms with Gasteiger partial charge in [0.05, 0.1) is 12.5 Å². The van der Waals surface area contributed by atoms with E-state index in [1.165, 1.54) is 24.3 Å². The van der Waals surface area contributed by atoms with Crippen molar-refractivity contribution in [1.82, 2.24) is 10.6 Å². The van der Waals surface area contributed by atoms with E-state index in [0.717, 1.165) is 0 Å². The number of phenols is 1. The van der Waals surface area contributed by atoms with Crippen LogP contribution >= 0.6 is 0 Å². The van der Waals surface area contributed by atoms with Crippen molar-refractivity contribution in [2.75, 3.05) is 0 Å². The van der Waals surface area contributed by atoms with Crippen molar-refractivity contribution in [2.45, 2.75) is 43.8 Å². The summed E-state index contributed by atoms with van der Waals surface area (Å²) in [5, 5.41) is 31.7. The maximum absolute atomic E-state index is 12.5. The SMILES string of the molecule is NC(=O)CC(NC(=O)C(N)CCC(=O)O)C(=O)NC(Cc1ccc(O)cc1)C(=O)O. The summed E-state index contributed by atoms with van der Waals surface area (Å²) in [6.07, 6.45) is -1.33. The third-order valence-corrected chi connectivity index (χ3v) is 4.04. The van der Waals surface area contributed by atoms with Gasteiger partial charge < -0.3 is 37.4 Å². The lowest BCUT2D eigenvalue weighted by Gasteiger charge is -2.22. The molecule has 30 heavy (non-hydrogen) atoms. The number of carbonyl (C=O) groups excluding carboxylic acids is 3. The number of benzene rings is 1. The molecule has 12 nitrogen and oxygen atoms in total. The van der Waals surface area contributed by atoms with E-state index in [1.807, 2.05) is 0 Å². The number of amides is 3. The summed E-state index contributed by atoms with van der Waals surface area (Å²) in [7, 11) is 0. The molecule has 0 spiro atoms. The molecule has 0 aliphatic heterocycles. The number of phenolic OH excluding ortho intramolecular Hbond substituents is 1. The van der Waals surface area contributed by atoms with Gasteiger partial charge in [0, 0.05) is 12.8 Å². The molecule has 0 aliphatic rings. The average molecular weight is 424 g/mol. The molecule has 0 bridgehead atoms. The van der Waals surface area contributed by atoms with E-state index in [2.05, 4.69) is 10.6 Å². The maximum atomic E-state index is 12.5. The van der Waals surface area contributed by atoms with Crippen LogP contribution in [-0.4, -0.2) is 63.1 Å². The zero-order valence-electron chi connectivity index (χ0n) is 15.9. The quantitative estimate of drug-likeness (QED) is 0.198. The lowest BCUT2D eigenvalue weighted by Crippen LogP contribution is -2.55.